The lowest BCUT2D eigenvalue weighted by atomic mass is 9.98. The SMILES string of the molecule is CCCCc1oc2ccc(N(C)S(C)(=O)=O)cc2c1C(=O)c1ccc([OH2+])cc1. The summed E-state index contributed by atoms with van der Waals surface area (Å²) in [4.78, 5) is 13.2. The van der Waals surface area contributed by atoms with Gasteiger partial charge in [0.05, 0.1) is 17.5 Å². The average molecular weight is 402 g/mol. The lowest BCUT2D eigenvalue weighted by molar-refractivity contribution is 0.103. The number of fused-ring (bicyclic) bond motifs is 1. The van der Waals surface area contributed by atoms with Gasteiger partial charge in [-0.25, -0.2) is 8.42 Å². The van der Waals surface area contributed by atoms with Gasteiger partial charge in [-0.3, -0.25) is 9.10 Å². The van der Waals surface area contributed by atoms with Crippen LogP contribution < -0.4 is 4.31 Å². The Morgan fingerprint density at radius 2 is 1.82 bits per heavy atom. The summed E-state index contributed by atoms with van der Waals surface area (Å²) in [5.41, 5.74) is 1.95. The van der Waals surface area contributed by atoms with E-state index in [9.17, 15) is 13.2 Å². The summed E-state index contributed by atoms with van der Waals surface area (Å²) in [7, 11) is -1.95. The maximum atomic E-state index is 13.2. The standard InChI is InChI=1S/C21H23NO5S/c1-4-5-6-19-20(21(24)14-7-10-16(23)11-8-14)17-13-15(9-12-18(17)27-19)22(2)28(3,25)26/h7-13,23H,4-6H2,1-3H3/p+1. The van der Waals surface area contributed by atoms with E-state index in [0.717, 1.165) is 19.1 Å². The molecule has 3 rings (SSSR count). The number of furan rings is 1. The normalized spacial score (nSPS) is 11.7. The molecule has 0 bridgehead atoms. The molecular formula is C21H24NO5S+. The number of unbranched alkanes of at least 4 members (excludes halogenated alkanes) is 1. The van der Waals surface area contributed by atoms with E-state index in [4.69, 9.17) is 9.52 Å². The summed E-state index contributed by atoms with van der Waals surface area (Å²) in [6, 6.07) is 11.4. The molecule has 148 valence electrons. The monoisotopic (exact) mass is 402 g/mol. The zero-order valence-electron chi connectivity index (χ0n) is 16.2. The quantitative estimate of drug-likeness (QED) is 0.443. The first-order valence-electron chi connectivity index (χ1n) is 9.08. The first-order valence-corrected chi connectivity index (χ1v) is 10.9. The predicted octanol–water partition coefficient (Wildman–Crippen LogP) is 3.84. The maximum Gasteiger partial charge on any atom is 0.253 e. The van der Waals surface area contributed by atoms with Crippen molar-refractivity contribution in [2.45, 2.75) is 26.2 Å². The van der Waals surface area contributed by atoms with Gasteiger partial charge in [0.15, 0.2) is 5.78 Å². The Morgan fingerprint density at radius 3 is 2.43 bits per heavy atom. The Bertz CT molecular complexity index is 1110. The molecule has 0 saturated heterocycles. The zero-order chi connectivity index (χ0) is 20.5. The van der Waals surface area contributed by atoms with Gasteiger partial charge in [-0.05, 0) is 36.8 Å². The third kappa shape index (κ3) is 3.89. The van der Waals surface area contributed by atoms with Crippen LogP contribution in [0.1, 0.15) is 41.4 Å². The molecule has 0 atom stereocenters. The highest BCUT2D eigenvalue weighted by Gasteiger charge is 2.23. The largest absolute Gasteiger partial charge is 0.593 e. The first-order chi connectivity index (χ1) is 13.2. The summed E-state index contributed by atoms with van der Waals surface area (Å²) < 4.78 is 30.9. The van der Waals surface area contributed by atoms with Crippen molar-refractivity contribution in [2.24, 2.45) is 0 Å². The highest BCUT2D eigenvalue weighted by molar-refractivity contribution is 7.92. The minimum absolute atomic E-state index is 0.191. The number of aryl methyl sites for hydroxylation is 1. The van der Waals surface area contributed by atoms with Gasteiger partial charge in [0.25, 0.3) is 5.75 Å². The molecular weight excluding hydrogens is 378 g/mol. The van der Waals surface area contributed by atoms with E-state index < -0.39 is 10.0 Å². The molecule has 7 heteroatoms. The van der Waals surface area contributed by atoms with Gasteiger partial charge in [-0.15, -0.1) is 0 Å². The van der Waals surface area contributed by atoms with Crippen molar-refractivity contribution in [1.29, 1.82) is 0 Å². The van der Waals surface area contributed by atoms with Crippen molar-refractivity contribution in [1.82, 2.24) is 0 Å². The van der Waals surface area contributed by atoms with E-state index in [1.54, 1.807) is 42.5 Å². The minimum Gasteiger partial charge on any atom is -0.593 e. The van der Waals surface area contributed by atoms with Gasteiger partial charge in [0.2, 0.25) is 10.0 Å². The van der Waals surface area contributed by atoms with E-state index in [2.05, 4.69) is 6.92 Å². The number of carbonyl (C=O) groups is 1. The van der Waals surface area contributed by atoms with Crippen LogP contribution in [0.2, 0.25) is 0 Å². The van der Waals surface area contributed by atoms with Crippen LogP contribution in [0.15, 0.2) is 46.9 Å². The lowest BCUT2D eigenvalue weighted by Crippen LogP contribution is -2.24. The molecule has 28 heavy (non-hydrogen) atoms. The summed E-state index contributed by atoms with van der Waals surface area (Å²) in [6.45, 7) is 2.07. The summed E-state index contributed by atoms with van der Waals surface area (Å²) >= 11 is 0. The molecule has 3 aromatic rings. The van der Waals surface area contributed by atoms with Crippen LogP contribution in [-0.4, -0.2) is 32.6 Å². The van der Waals surface area contributed by atoms with Crippen molar-refractivity contribution in [2.75, 3.05) is 17.6 Å². The molecule has 2 N–H and O–H groups in total. The van der Waals surface area contributed by atoms with Crippen LogP contribution in [0.5, 0.6) is 5.75 Å². The summed E-state index contributed by atoms with van der Waals surface area (Å²) in [5, 5.41) is 8.21. The topological polar surface area (TPSA) is 90.5 Å². The Hall–Kier alpha value is -2.80. The zero-order valence-corrected chi connectivity index (χ0v) is 17.0. The van der Waals surface area contributed by atoms with Crippen molar-refractivity contribution in [3.05, 3.63) is 59.4 Å². The number of nitrogens with zero attached hydrogens (tertiary/aromatic N) is 1. The van der Waals surface area contributed by atoms with Crippen molar-refractivity contribution in [3.8, 4) is 5.75 Å². The van der Waals surface area contributed by atoms with E-state index in [1.165, 1.54) is 11.4 Å². The Morgan fingerprint density at radius 1 is 1.14 bits per heavy atom. The number of benzene rings is 2. The molecule has 1 aromatic heterocycles. The Balaban J connectivity index is 2.18. The van der Waals surface area contributed by atoms with Gasteiger partial charge in [0, 0.05) is 36.6 Å². The Labute approximate surface area is 164 Å². The van der Waals surface area contributed by atoms with Crippen molar-refractivity contribution in [3.63, 3.8) is 0 Å². The molecule has 0 radical (unpaired) electrons. The second-order valence-electron chi connectivity index (χ2n) is 6.82. The van der Waals surface area contributed by atoms with Gasteiger partial charge in [-0.1, -0.05) is 13.3 Å². The number of ketones is 1. The van der Waals surface area contributed by atoms with Crippen molar-refractivity contribution >= 4 is 32.5 Å². The predicted molar refractivity (Wildman–Crippen MR) is 111 cm³/mol. The second-order valence-corrected chi connectivity index (χ2v) is 8.83. The number of sulfonamides is 1. The number of anilines is 1. The van der Waals surface area contributed by atoms with Crippen LogP contribution in [0.4, 0.5) is 5.69 Å². The van der Waals surface area contributed by atoms with Crippen LogP contribution in [-0.2, 0) is 16.4 Å². The van der Waals surface area contributed by atoms with Crippen LogP contribution in [0, 0.1) is 0 Å². The molecule has 0 fully saturated rings. The smallest absolute Gasteiger partial charge is 0.253 e. The fourth-order valence-electron chi connectivity index (χ4n) is 3.05. The highest BCUT2D eigenvalue weighted by atomic mass is 32.2. The molecule has 0 aliphatic carbocycles. The van der Waals surface area contributed by atoms with E-state index >= 15 is 0 Å². The minimum atomic E-state index is -3.42. The van der Waals surface area contributed by atoms with Crippen molar-refractivity contribution < 1.29 is 22.7 Å². The van der Waals surface area contributed by atoms with E-state index in [0.29, 0.717) is 45.7 Å². The third-order valence-electron chi connectivity index (χ3n) is 4.74. The van der Waals surface area contributed by atoms with Gasteiger partial charge in [-0.2, -0.15) is 0 Å². The molecule has 0 amide bonds. The van der Waals surface area contributed by atoms with Gasteiger partial charge < -0.3 is 9.52 Å². The Kier molecular flexibility index (Phi) is 5.47. The van der Waals surface area contributed by atoms with Gasteiger partial charge in [0.1, 0.15) is 11.3 Å². The fraction of sp³-hybridized carbons (Fsp3) is 0.286. The number of hydrogen-bond donors (Lipinski definition) is 0. The molecule has 0 unspecified atom stereocenters. The molecule has 0 spiro atoms. The highest BCUT2D eigenvalue weighted by Crippen LogP contribution is 2.33. The summed E-state index contributed by atoms with van der Waals surface area (Å²) in [5.74, 6) is 0.747. The third-order valence-corrected chi connectivity index (χ3v) is 5.94. The molecule has 0 saturated carbocycles. The van der Waals surface area contributed by atoms with Gasteiger partial charge >= 0.3 is 0 Å². The van der Waals surface area contributed by atoms with Crippen LogP contribution in [0.3, 0.4) is 0 Å². The molecule has 1 heterocycles. The molecule has 2 aromatic carbocycles. The average Bonchev–Trinajstić information content (AvgIpc) is 3.02. The molecule has 0 aliphatic rings. The number of hydrogen-bond acceptors (Lipinski definition) is 4. The van der Waals surface area contributed by atoms with Crippen LogP contribution >= 0.6 is 0 Å². The van der Waals surface area contributed by atoms with Crippen LogP contribution in [0.25, 0.3) is 11.0 Å². The van der Waals surface area contributed by atoms with E-state index in [-0.39, 0.29) is 5.78 Å². The number of carbonyl (C=O) groups excluding carboxylic acids is 1. The first kappa shape index (κ1) is 19.9. The lowest BCUT2D eigenvalue weighted by Gasteiger charge is -2.16. The number of rotatable bonds is 7. The molecule has 0 aliphatic heterocycles. The fourth-order valence-corrected chi connectivity index (χ4v) is 3.55. The second kappa shape index (κ2) is 7.67. The maximum absolute atomic E-state index is 13.2. The summed E-state index contributed by atoms with van der Waals surface area (Å²) in [6.07, 6.45) is 3.59. The molecule has 6 nitrogen and oxygen atoms in total. The van der Waals surface area contributed by atoms with E-state index in [1.807, 2.05) is 0 Å².